The fourth-order valence-corrected chi connectivity index (χ4v) is 1.71. The summed E-state index contributed by atoms with van der Waals surface area (Å²) in [5, 5.41) is 11.5. The Kier molecular flexibility index (Phi) is 2.42. The van der Waals surface area contributed by atoms with E-state index < -0.39 is 6.10 Å². The van der Waals surface area contributed by atoms with E-state index >= 15 is 0 Å². The van der Waals surface area contributed by atoms with E-state index in [1.165, 1.54) is 11.3 Å². The molecule has 0 aliphatic heterocycles. The molecule has 1 N–H and O–H groups in total. The summed E-state index contributed by atoms with van der Waals surface area (Å²) in [4.78, 5) is 4.02. The first kappa shape index (κ1) is 8.47. The van der Waals surface area contributed by atoms with Crippen LogP contribution in [0.1, 0.15) is 17.6 Å². The first-order valence-electron chi connectivity index (χ1n) is 3.95. The zero-order valence-electron chi connectivity index (χ0n) is 6.88. The molecule has 3 nitrogen and oxygen atoms in total. The maximum absolute atomic E-state index is 9.67. The van der Waals surface area contributed by atoms with E-state index in [1.54, 1.807) is 11.8 Å². The van der Waals surface area contributed by atoms with Crippen LogP contribution >= 0.6 is 11.3 Å². The minimum absolute atomic E-state index is 0.483. The Hall–Kier alpha value is -1.13. The van der Waals surface area contributed by atoms with Gasteiger partial charge in [-0.05, 0) is 12.1 Å². The summed E-state index contributed by atoms with van der Waals surface area (Å²) in [6, 6.07) is 3.65. The van der Waals surface area contributed by atoms with Crippen molar-refractivity contribution in [1.29, 1.82) is 0 Å². The lowest BCUT2D eigenvalue weighted by molar-refractivity contribution is 0.166. The Bertz CT molecular complexity index is 342. The lowest BCUT2D eigenvalue weighted by Crippen LogP contribution is -2.00. The van der Waals surface area contributed by atoms with E-state index in [1.807, 2.05) is 17.5 Å². The van der Waals surface area contributed by atoms with Crippen molar-refractivity contribution in [3.05, 3.63) is 40.7 Å². The van der Waals surface area contributed by atoms with Crippen LogP contribution in [0.4, 0.5) is 0 Å². The van der Waals surface area contributed by atoms with Gasteiger partial charge in [0.25, 0.3) is 0 Å². The molecule has 1 atom stereocenters. The summed E-state index contributed by atoms with van der Waals surface area (Å²) in [6.45, 7) is 0. The Morgan fingerprint density at radius 2 is 2.54 bits per heavy atom. The fraction of sp³-hybridized carbons (Fsp3) is 0.222. The van der Waals surface area contributed by atoms with Gasteiger partial charge in [-0.15, -0.1) is 11.3 Å². The number of aliphatic hydroxyl groups is 1. The molecule has 2 aromatic rings. The Morgan fingerprint density at radius 3 is 3.15 bits per heavy atom. The smallest absolute Gasteiger partial charge is 0.106 e. The van der Waals surface area contributed by atoms with Crippen molar-refractivity contribution in [3.8, 4) is 0 Å². The summed E-state index contributed by atoms with van der Waals surface area (Å²) < 4.78 is 5.12. The number of furan rings is 1. The summed E-state index contributed by atoms with van der Waals surface area (Å²) >= 11 is 1.48. The predicted molar refractivity (Wildman–Crippen MR) is 49.5 cm³/mol. The number of hydrogen-bond donors (Lipinski definition) is 1. The summed E-state index contributed by atoms with van der Waals surface area (Å²) in [5.74, 6) is 0.778. The van der Waals surface area contributed by atoms with E-state index in [9.17, 15) is 5.11 Å². The molecule has 68 valence electrons. The summed E-state index contributed by atoms with van der Waals surface area (Å²) in [5.41, 5.74) is 2.42. The number of aliphatic hydroxyl groups excluding tert-OH is 1. The van der Waals surface area contributed by atoms with Gasteiger partial charge in [0, 0.05) is 11.8 Å². The number of thiazole rings is 1. The van der Waals surface area contributed by atoms with Gasteiger partial charge in [-0.1, -0.05) is 0 Å². The average molecular weight is 195 g/mol. The van der Waals surface area contributed by atoms with Gasteiger partial charge in [-0.2, -0.15) is 0 Å². The topological polar surface area (TPSA) is 46.3 Å². The van der Waals surface area contributed by atoms with Crippen molar-refractivity contribution >= 4 is 11.3 Å². The summed E-state index contributed by atoms with van der Waals surface area (Å²) in [6.07, 6.45) is 1.53. The van der Waals surface area contributed by atoms with E-state index in [2.05, 4.69) is 4.98 Å². The third-order valence-corrected chi connectivity index (χ3v) is 2.37. The Morgan fingerprint density at radius 1 is 1.62 bits per heavy atom. The van der Waals surface area contributed by atoms with Crippen molar-refractivity contribution in [1.82, 2.24) is 4.98 Å². The highest BCUT2D eigenvalue weighted by molar-refractivity contribution is 7.07. The highest BCUT2D eigenvalue weighted by atomic mass is 32.1. The van der Waals surface area contributed by atoms with E-state index in [4.69, 9.17) is 4.42 Å². The van der Waals surface area contributed by atoms with Crippen LogP contribution in [0.2, 0.25) is 0 Å². The van der Waals surface area contributed by atoms with Crippen molar-refractivity contribution in [3.63, 3.8) is 0 Å². The molecule has 1 unspecified atom stereocenters. The highest BCUT2D eigenvalue weighted by Crippen LogP contribution is 2.17. The molecule has 4 heteroatoms. The lowest BCUT2D eigenvalue weighted by Gasteiger charge is -2.04. The Labute approximate surface area is 79.7 Å². The minimum Gasteiger partial charge on any atom is -0.469 e. The molecule has 2 rings (SSSR count). The molecule has 0 spiro atoms. The molecule has 0 aromatic carbocycles. The van der Waals surface area contributed by atoms with Crippen LogP contribution in [0.3, 0.4) is 0 Å². The third kappa shape index (κ3) is 1.96. The lowest BCUT2D eigenvalue weighted by atomic mass is 10.2. The molecule has 0 aliphatic carbocycles. The van der Waals surface area contributed by atoms with Gasteiger partial charge in [-0.3, -0.25) is 0 Å². The minimum atomic E-state index is -0.558. The molecule has 0 bridgehead atoms. The maximum Gasteiger partial charge on any atom is 0.106 e. The average Bonchev–Trinajstić information content (AvgIpc) is 2.74. The van der Waals surface area contributed by atoms with Crippen LogP contribution in [0, 0.1) is 0 Å². The molecular weight excluding hydrogens is 186 g/mol. The second-order valence-electron chi connectivity index (χ2n) is 2.71. The standard InChI is InChI=1S/C9H9NO2S/c11-9(8-5-13-6-10-8)4-7-2-1-3-12-7/h1-3,5-6,9,11H,4H2. The number of nitrogens with zero attached hydrogens (tertiary/aromatic N) is 1. The van der Waals surface area contributed by atoms with Gasteiger partial charge < -0.3 is 9.52 Å². The molecule has 0 amide bonds. The van der Waals surface area contributed by atoms with E-state index in [0.29, 0.717) is 12.1 Å². The predicted octanol–water partition coefficient (Wildman–Crippen LogP) is 2.01. The first-order chi connectivity index (χ1) is 6.36. The van der Waals surface area contributed by atoms with Crippen molar-refractivity contribution in [2.45, 2.75) is 12.5 Å². The van der Waals surface area contributed by atoms with Crippen LogP contribution in [0.15, 0.2) is 33.7 Å². The molecule has 0 saturated carbocycles. The van der Waals surface area contributed by atoms with Crippen LogP contribution < -0.4 is 0 Å². The largest absolute Gasteiger partial charge is 0.469 e. The molecule has 13 heavy (non-hydrogen) atoms. The van der Waals surface area contributed by atoms with Gasteiger partial charge in [0.2, 0.25) is 0 Å². The fourth-order valence-electron chi connectivity index (χ4n) is 1.11. The van der Waals surface area contributed by atoms with Crippen LogP contribution in [-0.2, 0) is 6.42 Å². The second kappa shape index (κ2) is 3.72. The summed E-state index contributed by atoms with van der Waals surface area (Å²) in [7, 11) is 0. The zero-order chi connectivity index (χ0) is 9.10. The number of hydrogen-bond acceptors (Lipinski definition) is 4. The van der Waals surface area contributed by atoms with Crippen LogP contribution in [0.25, 0.3) is 0 Å². The highest BCUT2D eigenvalue weighted by Gasteiger charge is 2.11. The molecule has 2 aromatic heterocycles. The van der Waals surface area contributed by atoms with Gasteiger partial charge in [0.15, 0.2) is 0 Å². The van der Waals surface area contributed by atoms with Crippen molar-refractivity contribution < 1.29 is 9.52 Å². The van der Waals surface area contributed by atoms with Gasteiger partial charge in [-0.25, -0.2) is 4.98 Å². The van der Waals surface area contributed by atoms with Crippen molar-refractivity contribution in [2.24, 2.45) is 0 Å². The van der Waals surface area contributed by atoms with Crippen molar-refractivity contribution in [2.75, 3.05) is 0 Å². The normalized spacial score (nSPS) is 13.0. The van der Waals surface area contributed by atoms with Gasteiger partial charge >= 0.3 is 0 Å². The molecule has 0 radical (unpaired) electrons. The van der Waals surface area contributed by atoms with Gasteiger partial charge in [0.1, 0.15) is 11.9 Å². The molecule has 0 saturated heterocycles. The maximum atomic E-state index is 9.67. The SMILES string of the molecule is OC(Cc1ccco1)c1cscn1. The molecule has 2 heterocycles. The van der Waals surface area contributed by atoms with Gasteiger partial charge in [0.05, 0.1) is 17.5 Å². The Balaban J connectivity index is 2.04. The molecular formula is C9H9NO2S. The third-order valence-electron chi connectivity index (χ3n) is 1.77. The zero-order valence-corrected chi connectivity index (χ0v) is 7.70. The van der Waals surface area contributed by atoms with E-state index in [-0.39, 0.29) is 0 Å². The second-order valence-corrected chi connectivity index (χ2v) is 3.43. The molecule has 0 aliphatic rings. The quantitative estimate of drug-likeness (QED) is 0.814. The molecule has 0 fully saturated rings. The number of aromatic nitrogens is 1. The monoisotopic (exact) mass is 195 g/mol. The van der Waals surface area contributed by atoms with Crippen LogP contribution in [-0.4, -0.2) is 10.1 Å². The number of rotatable bonds is 3. The first-order valence-corrected chi connectivity index (χ1v) is 4.89. The van der Waals surface area contributed by atoms with Crippen LogP contribution in [0.5, 0.6) is 0 Å². The van der Waals surface area contributed by atoms with E-state index in [0.717, 1.165) is 5.76 Å².